The maximum Gasteiger partial charge on any atom is 0.178 e. The number of ether oxygens (including phenoxy) is 1. The lowest BCUT2D eigenvalue weighted by Gasteiger charge is -2.07. The first-order valence-corrected chi connectivity index (χ1v) is 6.84. The molecule has 0 saturated heterocycles. The molecule has 0 atom stereocenters. The van der Waals surface area contributed by atoms with E-state index in [4.69, 9.17) is 4.74 Å². The van der Waals surface area contributed by atoms with Crippen molar-refractivity contribution in [3.05, 3.63) is 29.5 Å². The number of fused-ring (bicyclic) bond motifs is 1. The van der Waals surface area contributed by atoms with E-state index in [1.54, 1.807) is 7.11 Å². The van der Waals surface area contributed by atoms with Crippen LogP contribution in [0.25, 0.3) is 10.9 Å². The average Bonchev–Trinajstić information content (AvgIpc) is 2.73. The SMILES string of the molecule is COc1cc(C)c2c(c1)c(C(=O)CNC(C)C)cn2C. The van der Waals surface area contributed by atoms with Gasteiger partial charge in [-0.1, -0.05) is 13.8 Å². The van der Waals surface area contributed by atoms with Crippen molar-refractivity contribution in [2.45, 2.75) is 26.8 Å². The van der Waals surface area contributed by atoms with Crippen molar-refractivity contribution >= 4 is 16.7 Å². The van der Waals surface area contributed by atoms with Crippen molar-refractivity contribution < 1.29 is 9.53 Å². The van der Waals surface area contributed by atoms with Gasteiger partial charge in [0.05, 0.1) is 19.2 Å². The number of benzene rings is 1. The van der Waals surface area contributed by atoms with Gasteiger partial charge in [0.25, 0.3) is 0 Å². The molecule has 0 radical (unpaired) electrons. The van der Waals surface area contributed by atoms with Crippen molar-refractivity contribution in [2.24, 2.45) is 7.05 Å². The topological polar surface area (TPSA) is 43.3 Å². The molecular weight excluding hydrogens is 252 g/mol. The van der Waals surface area contributed by atoms with Gasteiger partial charge in [-0.2, -0.15) is 0 Å². The van der Waals surface area contributed by atoms with Gasteiger partial charge in [0.2, 0.25) is 0 Å². The van der Waals surface area contributed by atoms with E-state index in [1.807, 2.05) is 50.7 Å². The molecule has 0 aliphatic rings. The predicted octanol–water partition coefficient (Wildman–Crippen LogP) is 2.68. The van der Waals surface area contributed by atoms with E-state index < -0.39 is 0 Å². The minimum atomic E-state index is 0.108. The molecule has 1 aromatic heterocycles. The van der Waals surface area contributed by atoms with Crippen LogP contribution in [0.5, 0.6) is 5.75 Å². The highest BCUT2D eigenvalue weighted by Gasteiger charge is 2.16. The molecule has 2 rings (SSSR count). The van der Waals surface area contributed by atoms with Crippen molar-refractivity contribution in [3.63, 3.8) is 0 Å². The summed E-state index contributed by atoms with van der Waals surface area (Å²) in [5.41, 5.74) is 2.94. The molecule has 0 aliphatic heterocycles. The fourth-order valence-electron chi connectivity index (χ4n) is 2.48. The molecule has 20 heavy (non-hydrogen) atoms. The Morgan fingerprint density at radius 3 is 2.70 bits per heavy atom. The number of hydrogen-bond acceptors (Lipinski definition) is 3. The molecule has 0 amide bonds. The number of Topliss-reactive ketones (excluding diaryl/α,β-unsaturated/α-hetero) is 1. The average molecular weight is 274 g/mol. The van der Waals surface area contributed by atoms with Crippen molar-refractivity contribution in [1.29, 1.82) is 0 Å². The first-order valence-electron chi connectivity index (χ1n) is 6.84. The second kappa shape index (κ2) is 5.67. The van der Waals surface area contributed by atoms with Gasteiger partial charge < -0.3 is 14.6 Å². The summed E-state index contributed by atoms with van der Waals surface area (Å²) in [4.78, 5) is 12.4. The zero-order valence-electron chi connectivity index (χ0n) is 12.8. The van der Waals surface area contributed by atoms with E-state index in [9.17, 15) is 4.79 Å². The fourth-order valence-corrected chi connectivity index (χ4v) is 2.48. The minimum Gasteiger partial charge on any atom is -0.497 e. The number of carbonyl (C=O) groups is 1. The monoisotopic (exact) mass is 274 g/mol. The summed E-state index contributed by atoms with van der Waals surface area (Å²) >= 11 is 0. The van der Waals surface area contributed by atoms with Crippen LogP contribution in [0.1, 0.15) is 29.8 Å². The third-order valence-electron chi connectivity index (χ3n) is 3.45. The third kappa shape index (κ3) is 2.70. The molecule has 4 heteroatoms. The van der Waals surface area contributed by atoms with Gasteiger partial charge in [-0.05, 0) is 24.6 Å². The molecule has 0 aliphatic carbocycles. The van der Waals surface area contributed by atoms with Crippen LogP contribution < -0.4 is 10.1 Å². The Labute approximate surface area is 119 Å². The molecule has 0 saturated carbocycles. The summed E-state index contributed by atoms with van der Waals surface area (Å²) in [6.45, 7) is 6.45. The first kappa shape index (κ1) is 14.6. The summed E-state index contributed by atoms with van der Waals surface area (Å²) in [7, 11) is 3.61. The Morgan fingerprint density at radius 1 is 1.40 bits per heavy atom. The van der Waals surface area contributed by atoms with Crippen LogP contribution in [0.2, 0.25) is 0 Å². The fraction of sp³-hybridized carbons (Fsp3) is 0.438. The van der Waals surface area contributed by atoms with E-state index in [0.29, 0.717) is 12.6 Å². The Morgan fingerprint density at radius 2 is 2.10 bits per heavy atom. The quantitative estimate of drug-likeness (QED) is 0.852. The van der Waals surface area contributed by atoms with Gasteiger partial charge in [0.15, 0.2) is 5.78 Å². The molecule has 0 fully saturated rings. The van der Waals surface area contributed by atoms with Crippen LogP contribution in [0, 0.1) is 6.92 Å². The maximum absolute atomic E-state index is 12.4. The Bertz CT molecular complexity index is 641. The van der Waals surface area contributed by atoms with Gasteiger partial charge in [-0.25, -0.2) is 0 Å². The second-order valence-corrected chi connectivity index (χ2v) is 5.45. The van der Waals surface area contributed by atoms with E-state index in [-0.39, 0.29) is 5.78 Å². The number of ketones is 1. The van der Waals surface area contributed by atoms with Crippen LogP contribution in [0.3, 0.4) is 0 Å². The van der Waals surface area contributed by atoms with Crippen LogP contribution in [-0.4, -0.2) is 30.0 Å². The highest BCUT2D eigenvalue weighted by atomic mass is 16.5. The first-order chi connectivity index (χ1) is 9.43. The smallest absolute Gasteiger partial charge is 0.178 e. The van der Waals surface area contributed by atoms with E-state index in [2.05, 4.69) is 5.32 Å². The lowest BCUT2D eigenvalue weighted by Crippen LogP contribution is -2.29. The number of aromatic nitrogens is 1. The molecule has 1 N–H and O–H groups in total. The van der Waals surface area contributed by atoms with E-state index in [0.717, 1.165) is 27.8 Å². The molecule has 0 spiro atoms. The van der Waals surface area contributed by atoms with E-state index in [1.165, 1.54) is 0 Å². The van der Waals surface area contributed by atoms with Crippen LogP contribution >= 0.6 is 0 Å². The van der Waals surface area contributed by atoms with Gasteiger partial charge >= 0.3 is 0 Å². The minimum absolute atomic E-state index is 0.108. The number of hydrogen-bond donors (Lipinski definition) is 1. The molecular formula is C16H22N2O2. The van der Waals surface area contributed by atoms with Gasteiger partial charge in [-0.3, -0.25) is 4.79 Å². The molecule has 1 heterocycles. The number of aryl methyl sites for hydroxylation is 2. The maximum atomic E-state index is 12.4. The van der Waals surface area contributed by atoms with Gasteiger partial charge in [-0.15, -0.1) is 0 Å². The van der Waals surface area contributed by atoms with Crippen molar-refractivity contribution in [2.75, 3.05) is 13.7 Å². The Kier molecular flexibility index (Phi) is 4.14. The summed E-state index contributed by atoms with van der Waals surface area (Å²) in [5.74, 6) is 0.893. The lowest BCUT2D eigenvalue weighted by molar-refractivity contribution is 0.0990. The number of rotatable bonds is 5. The normalized spacial score (nSPS) is 11.3. The Balaban J connectivity index is 2.48. The summed E-state index contributed by atoms with van der Waals surface area (Å²) in [6.07, 6.45) is 1.90. The highest BCUT2D eigenvalue weighted by Crippen LogP contribution is 2.29. The molecule has 4 nitrogen and oxygen atoms in total. The molecule has 2 aromatic rings. The second-order valence-electron chi connectivity index (χ2n) is 5.45. The van der Waals surface area contributed by atoms with Crippen LogP contribution in [0.4, 0.5) is 0 Å². The Hall–Kier alpha value is -1.81. The largest absolute Gasteiger partial charge is 0.497 e. The number of nitrogens with zero attached hydrogens (tertiary/aromatic N) is 1. The summed E-state index contributed by atoms with van der Waals surface area (Å²) in [5, 5.41) is 4.13. The van der Waals surface area contributed by atoms with Gasteiger partial charge in [0, 0.05) is 30.2 Å². The van der Waals surface area contributed by atoms with E-state index >= 15 is 0 Å². The molecule has 0 unspecified atom stereocenters. The van der Waals surface area contributed by atoms with Gasteiger partial charge in [0.1, 0.15) is 5.75 Å². The highest BCUT2D eigenvalue weighted by molar-refractivity contribution is 6.10. The standard InChI is InChI=1S/C16H22N2O2/c1-10(2)17-8-15(19)14-9-18(4)16-11(3)6-12(20-5)7-13(14)16/h6-7,9-10,17H,8H2,1-5H3. The molecule has 1 aromatic carbocycles. The molecule has 0 bridgehead atoms. The third-order valence-corrected chi connectivity index (χ3v) is 3.45. The number of methoxy groups -OCH3 is 1. The van der Waals surface area contributed by atoms with Crippen molar-refractivity contribution in [3.8, 4) is 5.75 Å². The predicted molar refractivity (Wildman–Crippen MR) is 81.7 cm³/mol. The van der Waals surface area contributed by atoms with Crippen LogP contribution in [0.15, 0.2) is 18.3 Å². The number of carbonyl (C=O) groups excluding carboxylic acids is 1. The lowest BCUT2D eigenvalue weighted by atomic mass is 10.1. The zero-order valence-corrected chi connectivity index (χ0v) is 12.8. The van der Waals surface area contributed by atoms with Crippen molar-refractivity contribution in [1.82, 2.24) is 9.88 Å². The zero-order chi connectivity index (χ0) is 14.9. The summed E-state index contributed by atoms with van der Waals surface area (Å²) < 4.78 is 7.32. The number of nitrogens with one attached hydrogen (secondary N) is 1. The van der Waals surface area contributed by atoms with Crippen LogP contribution in [-0.2, 0) is 7.05 Å². The summed E-state index contributed by atoms with van der Waals surface area (Å²) in [6, 6.07) is 4.22. The molecule has 108 valence electrons.